The first-order chi connectivity index (χ1) is 35.9. The van der Waals surface area contributed by atoms with E-state index in [-0.39, 0.29) is 31.1 Å². The highest BCUT2D eigenvalue weighted by molar-refractivity contribution is 5.71. The summed E-state index contributed by atoms with van der Waals surface area (Å²) in [6.07, 6.45) is 69.7. The Labute approximate surface area is 457 Å². The molecule has 0 unspecified atom stereocenters. The second-order valence-corrected chi connectivity index (χ2v) is 23.6. The van der Waals surface area contributed by atoms with Crippen LogP contribution in [0.5, 0.6) is 0 Å². The van der Waals surface area contributed by atoms with Crippen LogP contribution in [0.25, 0.3) is 0 Å². The molecule has 434 valence electrons. The van der Waals surface area contributed by atoms with Crippen molar-refractivity contribution in [3.05, 3.63) is 0 Å². The van der Waals surface area contributed by atoms with Crippen LogP contribution >= 0.6 is 0 Å². The molecule has 0 spiro atoms. The van der Waals surface area contributed by atoms with E-state index in [9.17, 15) is 14.4 Å². The van der Waals surface area contributed by atoms with Crippen molar-refractivity contribution in [2.75, 3.05) is 13.2 Å². The van der Waals surface area contributed by atoms with Crippen molar-refractivity contribution in [3.63, 3.8) is 0 Å². The molecule has 0 aromatic heterocycles. The summed E-state index contributed by atoms with van der Waals surface area (Å²) >= 11 is 0. The Kier molecular flexibility index (Phi) is 59.9. The summed E-state index contributed by atoms with van der Waals surface area (Å²) in [7, 11) is 0. The maximum absolute atomic E-state index is 12.9. The Bertz CT molecular complexity index is 1110. The Hall–Kier alpha value is -1.59. The standard InChI is InChI=1S/C67H130O6/c1-5-7-9-11-13-15-17-19-21-23-27-31-34-38-42-46-50-54-58-65(68)71-61-64(73-67(70)60-56-52-48-44-40-36-30-22-20-18-16-14-12-10-8-6-2)62-72-66(69)59-55-51-47-43-39-35-32-28-25-24-26-29-33-37-41-45-49-53-57-63(3)4/h63-64H,5-62H2,1-4H3/t64-/m1/s1. The molecular weight excluding hydrogens is 901 g/mol. The van der Waals surface area contributed by atoms with E-state index in [0.717, 1.165) is 63.7 Å². The van der Waals surface area contributed by atoms with Gasteiger partial charge in [0, 0.05) is 19.3 Å². The predicted molar refractivity (Wildman–Crippen MR) is 317 cm³/mol. The van der Waals surface area contributed by atoms with Gasteiger partial charge in [-0.3, -0.25) is 14.4 Å². The fourth-order valence-electron chi connectivity index (χ4n) is 10.5. The Morgan fingerprint density at radius 3 is 0.671 bits per heavy atom. The number of esters is 3. The zero-order valence-corrected chi connectivity index (χ0v) is 50.1. The zero-order valence-electron chi connectivity index (χ0n) is 50.1. The molecule has 1 atom stereocenters. The van der Waals surface area contributed by atoms with Gasteiger partial charge in [0.25, 0.3) is 0 Å². The van der Waals surface area contributed by atoms with Crippen molar-refractivity contribution in [1.82, 2.24) is 0 Å². The largest absolute Gasteiger partial charge is 0.462 e. The van der Waals surface area contributed by atoms with Crippen molar-refractivity contribution in [3.8, 4) is 0 Å². The van der Waals surface area contributed by atoms with Crippen LogP contribution in [-0.2, 0) is 28.6 Å². The first-order valence-corrected chi connectivity index (χ1v) is 33.4. The smallest absolute Gasteiger partial charge is 0.306 e. The number of carbonyl (C=O) groups excluding carboxylic acids is 3. The molecular formula is C67H130O6. The molecule has 0 amide bonds. The molecule has 0 rings (SSSR count). The Morgan fingerprint density at radius 2 is 0.452 bits per heavy atom. The van der Waals surface area contributed by atoms with Gasteiger partial charge in [0.1, 0.15) is 13.2 Å². The monoisotopic (exact) mass is 1030 g/mol. The van der Waals surface area contributed by atoms with Gasteiger partial charge in [-0.2, -0.15) is 0 Å². The van der Waals surface area contributed by atoms with Crippen molar-refractivity contribution in [2.24, 2.45) is 5.92 Å². The summed E-state index contributed by atoms with van der Waals surface area (Å²) in [5.41, 5.74) is 0. The van der Waals surface area contributed by atoms with Crippen molar-refractivity contribution < 1.29 is 28.6 Å². The summed E-state index contributed by atoms with van der Waals surface area (Å²) in [6, 6.07) is 0. The van der Waals surface area contributed by atoms with E-state index >= 15 is 0 Å². The van der Waals surface area contributed by atoms with Crippen LogP contribution in [0.15, 0.2) is 0 Å². The number of ether oxygens (including phenoxy) is 3. The fourth-order valence-corrected chi connectivity index (χ4v) is 10.5. The summed E-state index contributed by atoms with van der Waals surface area (Å²) in [5, 5.41) is 0. The predicted octanol–water partition coefficient (Wildman–Crippen LogP) is 22.5. The molecule has 0 aromatic carbocycles. The molecule has 0 saturated heterocycles. The highest BCUT2D eigenvalue weighted by Crippen LogP contribution is 2.19. The minimum absolute atomic E-state index is 0.0608. The fraction of sp³-hybridized carbons (Fsp3) is 0.955. The number of hydrogen-bond donors (Lipinski definition) is 0. The molecule has 73 heavy (non-hydrogen) atoms. The Morgan fingerprint density at radius 1 is 0.260 bits per heavy atom. The van der Waals surface area contributed by atoms with E-state index in [1.807, 2.05) is 0 Å². The molecule has 0 aliphatic rings. The average molecular weight is 1030 g/mol. The quantitative estimate of drug-likeness (QED) is 0.0343. The van der Waals surface area contributed by atoms with Gasteiger partial charge in [0.05, 0.1) is 0 Å². The van der Waals surface area contributed by atoms with Gasteiger partial charge in [-0.15, -0.1) is 0 Å². The van der Waals surface area contributed by atoms with Crippen LogP contribution in [-0.4, -0.2) is 37.2 Å². The molecule has 0 aliphatic heterocycles. The van der Waals surface area contributed by atoms with Crippen LogP contribution in [0.2, 0.25) is 0 Å². The van der Waals surface area contributed by atoms with Crippen molar-refractivity contribution >= 4 is 17.9 Å². The number of hydrogen-bond acceptors (Lipinski definition) is 6. The average Bonchev–Trinajstić information content (AvgIpc) is 3.38. The summed E-state index contributed by atoms with van der Waals surface area (Å²) in [4.78, 5) is 38.4. The van der Waals surface area contributed by atoms with Gasteiger partial charge < -0.3 is 14.2 Å². The topological polar surface area (TPSA) is 78.9 Å². The second-order valence-electron chi connectivity index (χ2n) is 23.6. The molecule has 0 bridgehead atoms. The Balaban J connectivity index is 4.26. The van der Waals surface area contributed by atoms with E-state index in [4.69, 9.17) is 14.2 Å². The lowest BCUT2D eigenvalue weighted by atomic mass is 10.0. The van der Waals surface area contributed by atoms with Crippen LogP contribution < -0.4 is 0 Å². The SMILES string of the molecule is CCCCCCCCCCCCCCCCCCCCC(=O)OC[C@H](COC(=O)CCCCCCCCCCCCCCCCCCCCC(C)C)OC(=O)CCCCCCCCCCCCCCCCCC. The van der Waals surface area contributed by atoms with E-state index in [1.165, 1.54) is 283 Å². The van der Waals surface area contributed by atoms with E-state index in [0.29, 0.717) is 19.3 Å². The molecule has 0 aromatic rings. The summed E-state index contributed by atoms with van der Waals surface area (Å²) in [5.74, 6) is 0.0355. The van der Waals surface area contributed by atoms with Crippen molar-refractivity contribution in [1.29, 1.82) is 0 Å². The lowest BCUT2D eigenvalue weighted by molar-refractivity contribution is -0.167. The summed E-state index contributed by atoms with van der Waals surface area (Å²) < 4.78 is 17.0. The van der Waals surface area contributed by atoms with Crippen LogP contribution in [0.1, 0.15) is 387 Å². The molecule has 6 heteroatoms. The third-order valence-electron chi connectivity index (χ3n) is 15.5. The number of rotatable bonds is 62. The highest BCUT2D eigenvalue weighted by atomic mass is 16.6. The molecule has 0 heterocycles. The molecule has 0 N–H and O–H groups in total. The van der Waals surface area contributed by atoms with Gasteiger partial charge in [-0.05, 0) is 25.2 Å². The maximum Gasteiger partial charge on any atom is 0.306 e. The molecule has 0 saturated carbocycles. The van der Waals surface area contributed by atoms with E-state index in [2.05, 4.69) is 27.7 Å². The molecule has 0 fully saturated rings. The molecule has 0 aliphatic carbocycles. The number of unbranched alkanes of at least 4 members (excludes halogenated alkanes) is 49. The van der Waals surface area contributed by atoms with Gasteiger partial charge in [0.15, 0.2) is 6.10 Å². The van der Waals surface area contributed by atoms with Gasteiger partial charge in [-0.25, -0.2) is 0 Å². The van der Waals surface area contributed by atoms with Crippen molar-refractivity contribution in [2.45, 2.75) is 393 Å². The third kappa shape index (κ3) is 61.1. The normalized spacial score (nSPS) is 12.0. The number of carbonyl (C=O) groups is 3. The van der Waals surface area contributed by atoms with Crippen LogP contribution in [0, 0.1) is 5.92 Å². The summed E-state index contributed by atoms with van der Waals surface area (Å²) in [6.45, 7) is 9.11. The van der Waals surface area contributed by atoms with Gasteiger partial charge in [-0.1, -0.05) is 349 Å². The first-order valence-electron chi connectivity index (χ1n) is 33.4. The lowest BCUT2D eigenvalue weighted by Crippen LogP contribution is -2.30. The maximum atomic E-state index is 12.9. The van der Waals surface area contributed by atoms with E-state index < -0.39 is 6.10 Å². The van der Waals surface area contributed by atoms with Crippen LogP contribution in [0.3, 0.4) is 0 Å². The minimum Gasteiger partial charge on any atom is -0.462 e. The van der Waals surface area contributed by atoms with E-state index in [1.54, 1.807) is 0 Å². The van der Waals surface area contributed by atoms with Crippen LogP contribution in [0.4, 0.5) is 0 Å². The zero-order chi connectivity index (χ0) is 53.0. The first kappa shape index (κ1) is 71.4. The van der Waals surface area contributed by atoms with Gasteiger partial charge in [0.2, 0.25) is 0 Å². The van der Waals surface area contributed by atoms with Gasteiger partial charge >= 0.3 is 17.9 Å². The lowest BCUT2D eigenvalue weighted by Gasteiger charge is -2.18. The molecule has 6 nitrogen and oxygen atoms in total. The third-order valence-corrected chi connectivity index (χ3v) is 15.5. The minimum atomic E-state index is -0.763. The highest BCUT2D eigenvalue weighted by Gasteiger charge is 2.19. The molecule has 0 radical (unpaired) electrons. The second kappa shape index (κ2) is 61.3.